The van der Waals surface area contributed by atoms with Crippen molar-refractivity contribution in [3.63, 3.8) is 0 Å². The highest BCUT2D eigenvalue weighted by Crippen LogP contribution is 2.56. The number of hydrogen-bond donors (Lipinski definition) is 3. The molecule has 2 aromatic rings. The zero-order valence-electron chi connectivity index (χ0n) is 19.9. The van der Waals surface area contributed by atoms with E-state index < -0.39 is 18.1 Å². The van der Waals surface area contributed by atoms with Gasteiger partial charge in [-0.3, -0.25) is 4.79 Å². The minimum atomic E-state index is -0.639. The van der Waals surface area contributed by atoms with Crippen LogP contribution in [0.3, 0.4) is 0 Å². The van der Waals surface area contributed by atoms with Gasteiger partial charge >= 0.3 is 6.03 Å². The summed E-state index contributed by atoms with van der Waals surface area (Å²) >= 11 is 0. The predicted octanol–water partition coefficient (Wildman–Crippen LogP) is 2.24. The van der Waals surface area contributed by atoms with E-state index in [2.05, 4.69) is 10.6 Å². The van der Waals surface area contributed by atoms with Crippen molar-refractivity contribution >= 4 is 17.6 Å². The Bertz CT molecular complexity index is 1190. The topological polar surface area (TPSA) is 103 Å². The summed E-state index contributed by atoms with van der Waals surface area (Å²) in [5, 5.41) is 15.2. The number of nitrogens with zero attached hydrogens (tertiary/aromatic N) is 2. The lowest BCUT2D eigenvalue weighted by molar-refractivity contribution is -0.285. The van der Waals surface area contributed by atoms with E-state index in [0.717, 1.165) is 29.5 Å². The molecule has 10 heteroatoms. The van der Waals surface area contributed by atoms with Crippen LogP contribution in [0.5, 0.6) is 0 Å². The molecule has 9 nitrogen and oxygen atoms in total. The summed E-state index contributed by atoms with van der Waals surface area (Å²) in [5.74, 6) is -0.389. The molecule has 3 aliphatic heterocycles. The van der Waals surface area contributed by atoms with Gasteiger partial charge < -0.3 is 30.1 Å². The van der Waals surface area contributed by atoms with Crippen molar-refractivity contribution in [2.75, 3.05) is 18.9 Å². The molecule has 2 bridgehead atoms. The van der Waals surface area contributed by atoms with Gasteiger partial charge in [0.05, 0.1) is 12.6 Å². The average Bonchev–Trinajstić information content (AvgIpc) is 3.51. The SMILES string of the molecule is CNC(=O)Nc1ccc2c(c1)CC[C@@]21O[C@@H]2OC1N2CC(=O)N(Cc1ccc(F)cc1)C1CC(O)C1. The Kier molecular flexibility index (Phi) is 5.71. The summed E-state index contributed by atoms with van der Waals surface area (Å²) in [5.41, 5.74) is 3.03. The van der Waals surface area contributed by atoms with Crippen LogP contribution in [0.25, 0.3) is 0 Å². The van der Waals surface area contributed by atoms with Gasteiger partial charge in [0.2, 0.25) is 12.3 Å². The molecular weight excluding hydrogens is 467 g/mol. The maximum absolute atomic E-state index is 13.5. The number of hydrogen-bond acceptors (Lipinski definition) is 6. The van der Waals surface area contributed by atoms with E-state index in [1.807, 2.05) is 23.1 Å². The Hall–Kier alpha value is -3.05. The van der Waals surface area contributed by atoms with Gasteiger partial charge in [-0.1, -0.05) is 18.2 Å². The van der Waals surface area contributed by atoms with E-state index in [4.69, 9.17) is 9.47 Å². The number of urea groups is 1. The van der Waals surface area contributed by atoms with Crippen molar-refractivity contribution in [1.29, 1.82) is 0 Å². The number of halogens is 1. The van der Waals surface area contributed by atoms with Gasteiger partial charge in [-0.05, 0) is 66.6 Å². The highest BCUT2D eigenvalue weighted by atomic mass is 19.1. The van der Waals surface area contributed by atoms with Gasteiger partial charge in [-0.15, -0.1) is 0 Å². The van der Waals surface area contributed by atoms with Crippen molar-refractivity contribution in [2.45, 2.75) is 62.6 Å². The van der Waals surface area contributed by atoms with Crippen LogP contribution < -0.4 is 10.6 Å². The highest BCUT2D eigenvalue weighted by Gasteiger charge is 2.66. The van der Waals surface area contributed by atoms with Crippen LogP contribution in [0, 0.1) is 5.82 Å². The van der Waals surface area contributed by atoms with Crippen LogP contribution in [0.2, 0.25) is 0 Å². The average molecular weight is 497 g/mol. The molecule has 4 fully saturated rings. The van der Waals surface area contributed by atoms with E-state index in [0.29, 0.717) is 25.1 Å². The van der Waals surface area contributed by atoms with Crippen molar-refractivity contribution in [3.05, 3.63) is 65.0 Å². The Morgan fingerprint density at radius 2 is 2.00 bits per heavy atom. The Morgan fingerprint density at radius 1 is 1.22 bits per heavy atom. The first-order chi connectivity index (χ1) is 17.4. The predicted molar refractivity (Wildman–Crippen MR) is 127 cm³/mol. The number of benzene rings is 2. The molecule has 190 valence electrons. The highest BCUT2D eigenvalue weighted by molar-refractivity contribution is 5.89. The summed E-state index contributed by atoms with van der Waals surface area (Å²) < 4.78 is 25.7. The minimum absolute atomic E-state index is 0.0503. The number of amides is 3. The lowest BCUT2D eigenvalue weighted by Gasteiger charge is -2.44. The minimum Gasteiger partial charge on any atom is -0.393 e. The molecule has 2 aromatic carbocycles. The quantitative estimate of drug-likeness (QED) is 0.567. The van der Waals surface area contributed by atoms with Gasteiger partial charge in [0.25, 0.3) is 0 Å². The molecule has 0 radical (unpaired) electrons. The zero-order chi connectivity index (χ0) is 25.0. The Balaban J connectivity index is 1.17. The van der Waals surface area contributed by atoms with Crippen LogP contribution in [-0.4, -0.2) is 65.2 Å². The zero-order valence-corrected chi connectivity index (χ0v) is 19.9. The molecule has 3 atom stereocenters. The van der Waals surface area contributed by atoms with E-state index in [1.54, 1.807) is 24.1 Å². The van der Waals surface area contributed by atoms with Crippen LogP contribution in [0.1, 0.15) is 36.0 Å². The number of ether oxygens (including phenoxy) is 2. The van der Waals surface area contributed by atoms with E-state index >= 15 is 0 Å². The van der Waals surface area contributed by atoms with Crippen LogP contribution in [0.15, 0.2) is 42.5 Å². The van der Waals surface area contributed by atoms with Gasteiger partial charge in [-0.25, -0.2) is 14.1 Å². The molecule has 36 heavy (non-hydrogen) atoms. The normalized spacial score (nSPS) is 29.9. The van der Waals surface area contributed by atoms with Gasteiger partial charge in [0.1, 0.15) is 11.4 Å². The van der Waals surface area contributed by atoms with E-state index in [1.165, 1.54) is 12.1 Å². The number of aliphatic hydroxyl groups excluding tert-OH is 1. The Labute approximate surface area is 208 Å². The molecule has 3 saturated heterocycles. The van der Waals surface area contributed by atoms with Crippen molar-refractivity contribution in [3.8, 4) is 0 Å². The number of aliphatic hydroxyl groups is 1. The molecule has 3 amide bonds. The van der Waals surface area contributed by atoms with Crippen molar-refractivity contribution in [1.82, 2.24) is 15.1 Å². The fraction of sp³-hybridized carbons (Fsp3) is 0.462. The summed E-state index contributed by atoms with van der Waals surface area (Å²) in [7, 11) is 1.57. The number of carbonyl (C=O) groups is 2. The first kappa shape index (κ1) is 23.4. The molecule has 1 saturated carbocycles. The largest absolute Gasteiger partial charge is 0.393 e. The third-order valence-corrected chi connectivity index (χ3v) is 7.77. The standard InChI is InChI=1S/C26H29FN4O5/c1-28-24(34)29-18-6-7-21-16(10-18)8-9-26(21)23-31(25(35-23)36-26)14-22(33)30(19-11-20(32)12-19)13-15-2-4-17(27)5-3-15/h2-7,10,19-20,23,25,32H,8-9,11-14H2,1H3,(H2,28,29,34)/t19?,20?,23?,25-,26+/m0/s1. The first-order valence-corrected chi connectivity index (χ1v) is 12.3. The third-order valence-electron chi connectivity index (χ3n) is 7.77. The third kappa shape index (κ3) is 3.85. The van der Waals surface area contributed by atoms with Crippen molar-refractivity contribution < 1.29 is 28.6 Å². The number of rotatable bonds is 6. The molecular formula is C26H29FN4O5. The van der Waals surface area contributed by atoms with Crippen LogP contribution >= 0.6 is 0 Å². The Morgan fingerprint density at radius 3 is 2.72 bits per heavy atom. The van der Waals surface area contributed by atoms with Gasteiger partial charge in [0.15, 0.2) is 6.23 Å². The molecule has 3 heterocycles. The number of anilines is 1. The van der Waals surface area contributed by atoms with Crippen LogP contribution in [0.4, 0.5) is 14.9 Å². The second kappa shape index (κ2) is 8.81. The maximum atomic E-state index is 13.5. The number of nitrogens with one attached hydrogen (secondary N) is 2. The fourth-order valence-electron chi connectivity index (χ4n) is 5.77. The summed E-state index contributed by atoms with van der Waals surface area (Å²) in [6, 6.07) is 11.6. The molecule has 0 aromatic heterocycles. The summed E-state index contributed by atoms with van der Waals surface area (Å²) in [6.07, 6.45) is 1.23. The molecule has 2 aliphatic carbocycles. The number of fused-ring (bicyclic) bond motifs is 1. The van der Waals surface area contributed by atoms with Gasteiger partial charge in [0, 0.05) is 25.3 Å². The number of aryl methyl sites for hydroxylation is 1. The second-order valence-corrected chi connectivity index (χ2v) is 9.98. The molecule has 3 N–H and O–H groups in total. The lowest BCUT2D eigenvalue weighted by Crippen LogP contribution is -2.60. The summed E-state index contributed by atoms with van der Waals surface area (Å²) in [6.45, 7) is 0.493. The molecule has 1 spiro atoms. The number of carbonyl (C=O) groups excluding carboxylic acids is 2. The van der Waals surface area contributed by atoms with E-state index in [-0.39, 0.29) is 36.6 Å². The van der Waals surface area contributed by atoms with Crippen LogP contribution in [-0.2, 0) is 32.8 Å². The van der Waals surface area contributed by atoms with Gasteiger partial charge in [-0.2, -0.15) is 0 Å². The lowest BCUT2D eigenvalue weighted by atomic mass is 9.87. The van der Waals surface area contributed by atoms with Crippen molar-refractivity contribution in [2.24, 2.45) is 0 Å². The second-order valence-electron chi connectivity index (χ2n) is 9.98. The monoisotopic (exact) mass is 496 g/mol. The van der Waals surface area contributed by atoms with E-state index in [9.17, 15) is 19.1 Å². The fourth-order valence-corrected chi connectivity index (χ4v) is 5.77. The smallest absolute Gasteiger partial charge is 0.318 e. The molecule has 5 aliphatic rings. The molecule has 1 unspecified atom stereocenters. The summed E-state index contributed by atoms with van der Waals surface area (Å²) in [4.78, 5) is 28.9. The molecule has 7 rings (SSSR count). The maximum Gasteiger partial charge on any atom is 0.318 e. The first-order valence-electron chi connectivity index (χ1n) is 12.3.